The number of benzene rings is 1. The number of halogens is 1. The first-order chi connectivity index (χ1) is 8.81. The number of para-hydroxylation sites is 1. The van der Waals surface area contributed by atoms with Gasteiger partial charge in [-0.15, -0.1) is 0 Å². The number of nitro groups is 1. The highest BCUT2D eigenvalue weighted by Gasteiger charge is 2.17. The smallest absolute Gasteiger partial charge is 0.312 e. The van der Waals surface area contributed by atoms with Crippen LogP contribution in [-0.4, -0.2) is 23.6 Å². The molecule has 0 amide bonds. The Morgan fingerprint density at radius 1 is 1.42 bits per heavy atom. The molecule has 0 bridgehead atoms. The van der Waals surface area contributed by atoms with Crippen LogP contribution in [0.1, 0.15) is 27.2 Å². The molecule has 1 rings (SSSR count). The minimum Gasteiger partial charge on any atom is -0.486 e. The highest BCUT2D eigenvalue weighted by atomic mass is 79.9. The van der Waals surface area contributed by atoms with Crippen LogP contribution in [0.3, 0.4) is 0 Å². The van der Waals surface area contributed by atoms with Crippen molar-refractivity contribution in [2.75, 3.05) is 13.2 Å². The van der Waals surface area contributed by atoms with E-state index < -0.39 is 4.92 Å². The zero-order valence-electron chi connectivity index (χ0n) is 11.4. The van der Waals surface area contributed by atoms with Crippen LogP contribution in [0.4, 0.5) is 5.69 Å². The van der Waals surface area contributed by atoms with E-state index >= 15 is 0 Å². The number of rotatable bonds is 6. The maximum atomic E-state index is 10.9. The van der Waals surface area contributed by atoms with Crippen LogP contribution in [0.15, 0.2) is 22.7 Å². The van der Waals surface area contributed by atoms with Crippen LogP contribution in [0.25, 0.3) is 0 Å². The second-order valence-electron chi connectivity index (χ2n) is 5.22. The highest BCUT2D eigenvalue weighted by Crippen LogP contribution is 2.34. The molecule has 6 heteroatoms. The van der Waals surface area contributed by atoms with Gasteiger partial charge >= 0.3 is 5.69 Å². The third-order valence-electron chi connectivity index (χ3n) is 2.37. The summed E-state index contributed by atoms with van der Waals surface area (Å²) in [7, 11) is 0. The fourth-order valence-corrected chi connectivity index (χ4v) is 1.96. The molecule has 1 aromatic rings. The van der Waals surface area contributed by atoms with Gasteiger partial charge in [-0.25, -0.2) is 0 Å². The Kier molecular flexibility index (Phi) is 5.75. The molecular weight excluding hydrogens is 312 g/mol. The minimum atomic E-state index is -0.437. The van der Waals surface area contributed by atoms with Gasteiger partial charge < -0.3 is 10.1 Å². The molecule has 0 unspecified atom stereocenters. The summed E-state index contributed by atoms with van der Waals surface area (Å²) in [6, 6.07) is 4.79. The number of ether oxygens (including phenoxy) is 1. The second-order valence-corrected chi connectivity index (χ2v) is 6.08. The normalized spacial score (nSPS) is 11.4. The van der Waals surface area contributed by atoms with Crippen molar-refractivity contribution in [1.29, 1.82) is 0 Å². The lowest BCUT2D eigenvalue weighted by Gasteiger charge is -2.20. The van der Waals surface area contributed by atoms with E-state index in [4.69, 9.17) is 4.74 Å². The molecule has 0 radical (unpaired) electrons. The van der Waals surface area contributed by atoms with Gasteiger partial charge in [0.15, 0.2) is 0 Å². The van der Waals surface area contributed by atoms with Crippen LogP contribution in [0, 0.1) is 10.1 Å². The van der Waals surface area contributed by atoms with Crippen molar-refractivity contribution in [2.45, 2.75) is 32.7 Å². The molecular formula is C13H19BrN2O3. The molecule has 0 aliphatic rings. The summed E-state index contributed by atoms with van der Waals surface area (Å²) in [4.78, 5) is 10.4. The predicted molar refractivity (Wildman–Crippen MR) is 78.7 cm³/mol. The summed E-state index contributed by atoms with van der Waals surface area (Å²) in [6.07, 6.45) is 0.787. The van der Waals surface area contributed by atoms with Gasteiger partial charge in [0.2, 0.25) is 5.75 Å². The van der Waals surface area contributed by atoms with Crippen molar-refractivity contribution in [2.24, 2.45) is 0 Å². The molecule has 1 N–H and O–H groups in total. The van der Waals surface area contributed by atoms with Crippen LogP contribution < -0.4 is 10.1 Å². The van der Waals surface area contributed by atoms with Crippen molar-refractivity contribution in [3.05, 3.63) is 32.8 Å². The third kappa shape index (κ3) is 5.57. The van der Waals surface area contributed by atoms with E-state index in [9.17, 15) is 10.1 Å². The first kappa shape index (κ1) is 15.9. The number of hydrogen-bond donors (Lipinski definition) is 1. The summed E-state index contributed by atoms with van der Waals surface area (Å²) >= 11 is 3.27. The SMILES string of the molecule is CC(C)(C)NCCCOc1c(Br)cccc1[N+](=O)[O-]. The van der Waals surface area contributed by atoms with Crippen LogP contribution >= 0.6 is 15.9 Å². The molecule has 0 aliphatic carbocycles. The quantitative estimate of drug-likeness (QED) is 0.492. The van der Waals surface area contributed by atoms with Gasteiger partial charge in [0.05, 0.1) is 16.0 Å². The number of nitrogens with one attached hydrogen (secondary N) is 1. The Bertz CT molecular complexity index is 444. The van der Waals surface area contributed by atoms with Crippen molar-refractivity contribution in [3.8, 4) is 5.75 Å². The Morgan fingerprint density at radius 2 is 2.11 bits per heavy atom. The van der Waals surface area contributed by atoms with E-state index in [2.05, 4.69) is 42.0 Å². The van der Waals surface area contributed by atoms with Crippen LogP contribution in [0.2, 0.25) is 0 Å². The predicted octanol–water partition coefficient (Wildman–Crippen LogP) is 3.51. The molecule has 19 heavy (non-hydrogen) atoms. The van der Waals surface area contributed by atoms with Crippen molar-refractivity contribution in [1.82, 2.24) is 5.32 Å². The third-order valence-corrected chi connectivity index (χ3v) is 2.99. The van der Waals surface area contributed by atoms with Crippen molar-refractivity contribution >= 4 is 21.6 Å². The molecule has 5 nitrogen and oxygen atoms in total. The first-order valence-corrected chi connectivity index (χ1v) is 6.91. The lowest BCUT2D eigenvalue weighted by atomic mass is 10.1. The van der Waals surface area contributed by atoms with E-state index in [0.717, 1.165) is 13.0 Å². The molecule has 0 aromatic heterocycles. The molecule has 0 atom stereocenters. The van der Waals surface area contributed by atoms with E-state index in [1.807, 2.05) is 0 Å². The van der Waals surface area contributed by atoms with Gasteiger partial charge in [-0.05, 0) is 55.7 Å². The summed E-state index contributed by atoms with van der Waals surface area (Å²) in [5.74, 6) is 0.295. The lowest BCUT2D eigenvalue weighted by Crippen LogP contribution is -2.36. The molecule has 106 valence electrons. The Balaban J connectivity index is 2.52. The van der Waals surface area contributed by atoms with Gasteiger partial charge in [0.1, 0.15) is 0 Å². The molecule has 0 aliphatic heterocycles. The van der Waals surface area contributed by atoms with E-state index in [-0.39, 0.29) is 11.2 Å². The number of hydrogen-bond acceptors (Lipinski definition) is 4. The van der Waals surface area contributed by atoms with Gasteiger partial charge in [0, 0.05) is 11.6 Å². The summed E-state index contributed by atoms with van der Waals surface area (Å²) < 4.78 is 6.12. The summed E-state index contributed by atoms with van der Waals surface area (Å²) in [5, 5.41) is 14.2. The van der Waals surface area contributed by atoms with Crippen molar-refractivity contribution < 1.29 is 9.66 Å². The summed E-state index contributed by atoms with van der Waals surface area (Å²) in [6.45, 7) is 7.51. The average Bonchev–Trinajstić information content (AvgIpc) is 2.28. The van der Waals surface area contributed by atoms with Crippen LogP contribution in [0.5, 0.6) is 5.75 Å². The average molecular weight is 331 g/mol. The maximum absolute atomic E-state index is 10.9. The number of nitrogens with zero attached hydrogens (tertiary/aromatic N) is 1. The molecule has 0 saturated carbocycles. The Labute approximate surface area is 121 Å². The molecule has 0 spiro atoms. The van der Waals surface area contributed by atoms with E-state index in [1.165, 1.54) is 6.07 Å². The molecule has 0 fully saturated rings. The fraction of sp³-hybridized carbons (Fsp3) is 0.538. The molecule has 0 saturated heterocycles. The zero-order chi connectivity index (χ0) is 14.5. The molecule has 0 heterocycles. The Morgan fingerprint density at radius 3 is 2.68 bits per heavy atom. The fourth-order valence-electron chi connectivity index (χ4n) is 1.49. The van der Waals surface area contributed by atoms with Gasteiger partial charge in [-0.1, -0.05) is 6.07 Å². The van der Waals surface area contributed by atoms with Gasteiger partial charge in [0.25, 0.3) is 0 Å². The lowest BCUT2D eigenvalue weighted by molar-refractivity contribution is -0.386. The van der Waals surface area contributed by atoms with E-state index in [1.54, 1.807) is 12.1 Å². The summed E-state index contributed by atoms with van der Waals surface area (Å²) in [5.41, 5.74) is 0.0532. The van der Waals surface area contributed by atoms with Crippen LogP contribution in [-0.2, 0) is 0 Å². The zero-order valence-corrected chi connectivity index (χ0v) is 13.0. The number of nitro benzene ring substituents is 1. The van der Waals surface area contributed by atoms with Gasteiger partial charge in [-0.2, -0.15) is 0 Å². The van der Waals surface area contributed by atoms with Crippen molar-refractivity contribution in [3.63, 3.8) is 0 Å². The standard InChI is InChI=1S/C13H19BrN2O3/c1-13(2,3)15-8-5-9-19-12-10(14)6-4-7-11(12)16(17)18/h4,6-7,15H,5,8-9H2,1-3H3. The molecule has 1 aromatic carbocycles. The highest BCUT2D eigenvalue weighted by molar-refractivity contribution is 9.10. The maximum Gasteiger partial charge on any atom is 0.312 e. The second kappa shape index (κ2) is 6.86. The first-order valence-electron chi connectivity index (χ1n) is 6.12. The monoisotopic (exact) mass is 330 g/mol. The van der Waals surface area contributed by atoms with Gasteiger partial charge in [-0.3, -0.25) is 10.1 Å². The van der Waals surface area contributed by atoms with E-state index in [0.29, 0.717) is 16.8 Å². The topological polar surface area (TPSA) is 64.4 Å². The Hall–Kier alpha value is -1.14. The minimum absolute atomic E-state index is 0.0156. The largest absolute Gasteiger partial charge is 0.486 e.